The summed E-state index contributed by atoms with van der Waals surface area (Å²) in [5.74, 6) is 0. The number of carbonyl (C=O) groups is 1. The molecule has 1 fully saturated rings. The van der Waals surface area contributed by atoms with Crippen molar-refractivity contribution in [2.75, 3.05) is 38.7 Å². The lowest BCUT2D eigenvalue weighted by Gasteiger charge is -2.39. The molecule has 2 rings (SSSR count). The molecular weight excluding hydrogens is 360 g/mol. The Balaban J connectivity index is 1.72. The Morgan fingerprint density at radius 1 is 1.43 bits per heavy atom. The van der Waals surface area contributed by atoms with Crippen molar-refractivity contribution in [3.05, 3.63) is 24.0 Å². The summed E-state index contributed by atoms with van der Waals surface area (Å²) in [6, 6.07) is 5.48. The number of pyridine rings is 1. The number of rotatable bonds is 6. The van der Waals surface area contributed by atoms with Crippen molar-refractivity contribution in [3.63, 3.8) is 0 Å². The molecule has 0 aromatic carbocycles. The predicted octanol–water partition coefficient (Wildman–Crippen LogP) is 3.00. The Labute approximate surface area is 166 Å². The van der Waals surface area contributed by atoms with Crippen molar-refractivity contribution >= 4 is 11.8 Å². The minimum atomic E-state index is -0.519. The van der Waals surface area contributed by atoms with E-state index in [0.29, 0.717) is 38.4 Å². The van der Waals surface area contributed by atoms with Gasteiger partial charge in [0, 0.05) is 32.0 Å². The van der Waals surface area contributed by atoms with Crippen LogP contribution in [0.15, 0.2) is 18.3 Å². The number of aromatic nitrogens is 1. The van der Waals surface area contributed by atoms with Crippen LogP contribution in [0.25, 0.3) is 0 Å². The number of nitrogens with zero attached hydrogens (tertiary/aromatic N) is 3. The van der Waals surface area contributed by atoms with Crippen LogP contribution in [0.1, 0.15) is 39.8 Å². The van der Waals surface area contributed by atoms with E-state index in [1.165, 1.54) is 0 Å². The highest BCUT2D eigenvalue weighted by atomic mass is 16.7. The first-order valence-electron chi connectivity index (χ1n) is 9.38. The maximum absolute atomic E-state index is 12.1. The molecule has 1 saturated heterocycles. The molecule has 0 unspecified atom stereocenters. The fourth-order valence-electron chi connectivity index (χ4n) is 2.81. The number of hydrogen-bond donors (Lipinski definition) is 1. The number of nitrogens with one attached hydrogen (secondary N) is 1. The summed E-state index contributed by atoms with van der Waals surface area (Å²) in [6.07, 6.45) is 1.66. The Bertz CT molecular complexity index is 686. The molecule has 1 N–H and O–H groups in total. The molecule has 0 bridgehead atoms. The van der Waals surface area contributed by atoms with Crippen LogP contribution in [0.4, 0.5) is 10.5 Å². The molecule has 154 valence electrons. The van der Waals surface area contributed by atoms with Crippen LogP contribution < -0.4 is 5.32 Å². The summed E-state index contributed by atoms with van der Waals surface area (Å²) < 4.78 is 17.1. The van der Waals surface area contributed by atoms with Gasteiger partial charge in [-0.3, -0.25) is 0 Å². The first-order valence-corrected chi connectivity index (χ1v) is 9.38. The van der Waals surface area contributed by atoms with Gasteiger partial charge in [0.1, 0.15) is 17.4 Å². The van der Waals surface area contributed by atoms with Gasteiger partial charge in [-0.15, -0.1) is 0 Å². The molecule has 8 heteroatoms. The summed E-state index contributed by atoms with van der Waals surface area (Å²) in [4.78, 5) is 17.7. The largest absolute Gasteiger partial charge is 0.444 e. The summed E-state index contributed by atoms with van der Waals surface area (Å²) in [5, 5.41) is 12.0. The summed E-state index contributed by atoms with van der Waals surface area (Å²) in [6.45, 7) is 9.73. The van der Waals surface area contributed by atoms with Gasteiger partial charge in [0.15, 0.2) is 6.29 Å². The number of anilines is 1. The molecule has 0 radical (unpaired) electrons. The summed E-state index contributed by atoms with van der Waals surface area (Å²) in [5.41, 5.74) is 0.430. The van der Waals surface area contributed by atoms with E-state index in [1.54, 1.807) is 24.2 Å². The topological polar surface area (TPSA) is 96.7 Å². The van der Waals surface area contributed by atoms with E-state index in [-0.39, 0.29) is 17.8 Å². The summed E-state index contributed by atoms with van der Waals surface area (Å²) in [7, 11) is 1.72. The summed E-state index contributed by atoms with van der Waals surface area (Å²) >= 11 is 0. The lowest BCUT2D eigenvalue weighted by Crippen LogP contribution is -2.48. The van der Waals surface area contributed by atoms with Crippen molar-refractivity contribution in [1.29, 1.82) is 5.26 Å². The van der Waals surface area contributed by atoms with Crippen LogP contribution in [-0.2, 0) is 14.2 Å². The monoisotopic (exact) mass is 390 g/mol. The first-order chi connectivity index (χ1) is 13.1. The number of hydrogen-bond acceptors (Lipinski definition) is 7. The molecule has 1 aromatic rings. The highest BCUT2D eigenvalue weighted by Crippen LogP contribution is 2.26. The normalized spacial score (nSPS) is 22.2. The van der Waals surface area contributed by atoms with E-state index in [4.69, 9.17) is 19.5 Å². The Kier molecular flexibility index (Phi) is 7.22. The second kappa shape index (κ2) is 9.22. The van der Waals surface area contributed by atoms with Gasteiger partial charge >= 0.3 is 6.09 Å². The molecule has 8 nitrogen and oxygen atoms in total. The number of amides is 1. The van der Waals surface area contributed by atoms with E-state index in [9.17, 15) is 4.79 Å². The van der Waals surface area contributed by atoms with Crippen LogP contribution in [0.3, 0.4) is 0 Å². The third-order valence-electron chi connectivity index (χ3n) is 4.15. The molecule has 28 heavy (non-hydrogen) atoms. The minimum Gasteiger partial charge on any atom is -0.444 e. The molecule has 0 spiro atoms. The van der Waals surface area contributed by atoms with Crippen molar-refractivity contribution in [1.82, 2.24) is 9.88 Å². The molecular formula is C20H30N4O4. The number of carbonyl (C=O) groups excluding carboxylic acids is 1. The zero-order chi connectivity index (χ0) is 20.8. The second-order valence-corrected chi connectivity index (χ2v) is 8.46. The maximum atomic E-state index is 12.1. The fourth-order valence-corrected chi connectivity index (χ4v) is 2.81. The first kappa shape index (κ1) is 21.9. The SMILES string of the molecule is CN(CC1(C)COC(CCNc2ccc(C#N)nc2)OC1)C(=O)OC(C)(C)C. The fraction of sp³-hybridized carbons (Fsp3) is 0.650. The Hall–Kier alpha value is -2.37. The maximum Gasteiger partial charge on any atom is 0.410 e. The van der Waals surface area contributed by atoms with Gasteiger partial charge in [0.2, 0.25) is 0 Å². The van der Waals surface area contributed by atoms with E-state index >= 15 is 0 Å². The third kappa shape index (κ3) is 6.98. The zero-order valence-electron chi connectivity index (χ0n) is 17.3. The van der Waals surface area contributed by atoms with Crippen LogP contribution in [0.2, 0.25) is 0 Å². The van der Waals surface area contributed by atoms with Crippen LogP contribution in [-0.4, -0.2) is 61.2 Å². The van der Waals surface area contributed by atoms with Crippen LogP contribution >= 0.6 is 0 Å². The van der Waals surface area contributed by atoms with E-state index < -0.39 is 5.60 Å². The molecule has 0 aliphatic carbocycles. The second-order valence-electron chi connectivity index (χ2n) is 8.46. The quantitative estimate of drug-likeness (QED) is 0.797. The lowest BCUT2D eigenvalue weighted by atomic mass is 9.91. The van der Waals surface area contributed by atoms with Gasteiger partial charge in [-0.05, 0) is 32.9 Å². The lowest BCUT2D eigenvalue weighted by molar-refractivity contribution is -0.228. The molecule has 2 heterocycles. The molecule has 1 aromatic heterocycles. The van der Waals surface area contributed by atoms with Gasteiger partial charge < -0.3 is 24.4 Å². The molecule has 1 aliphatic rings. The minimum absolute atomic E-state index is 0.285. The molecule has 0 saturated carbocycles. The zero-order valence-corrected chi connectivity index (χ0v) is 17.3. The third-order valence-corrected chi connectivity index (χ3v) is 4.15. The van der Waals surface area contributed by atoms with Crippen molar-refractivity contribution in [3.8, 4) is 6.07 Å². The molecule has 1 aliphatic heterocycles. The Morgan fingerprint density at radius 3 is 2.64 bits per heavy atom. The average molecular weight is 390 g/mol. The smallest absolute Gasteiger partial charge is 0.410 e. The van der Waals surface area contributed by atoms with Crippen LogP contribution in [0.5, 0.6) is 0 Å². The van der Waals surface area contributed by atoms with Crippen molar-refractivity contribution in [2.45, 2.75) is 46.0 Å². The van der Waals surface area contributed by atoms with E-state index in [0.717, 1.165) is 5.69 Å². The molecule has 1 amide bonds. The van der Waals surface area contributed by atoms with Gasteiger partial charge in [0.05, 0.1) is 25.1 Å². The number of nitriles is 1. The van der Waals surface area contributed by atoms with Crippen molar-refractivity contribution < 1.29 is 19.0 Å². The Morgan fingerprint density at radius 2 is 2.11 bits per heavy atom. The van der Waals surface area contributed by atoms with E-state index in [1.807, 2.05) is 39.8 Å². The number of ether oxygens (including phenoxy) is 3. The predicted molar refractivity (Wildman–Crippen MR) is 105 cm³/mol. The standard InChI is InChI=1S/C20H30N4O4/c1-19(2,3)28-18(25)24(5)12-20(4)13-26-17(27-14-20)8-9-22-16-7-6-15(10-21)23-11-16/h6-7,11,17,22H,8-9,12-14H2,1-5H3. The van der Waals surface area contributed by atoms with Gasteiger partial charge in [0.25, 0.3) is 0 Å². The van der Waals surface area contributed by atoms with E-state index in [2.05, 4.69) is 10.3 Å². The van der Waals surface area contributed by atoms with Gasteiger partial charge in [-0.2, -0.15) is 5.26 Å². The highest BCUT2D eigenvalue weighted by molar-refractivity contribution is 5.67. The van der Waals surface area contributed by atoms with Crippen LogP contribution in [0, 0.1) is 16.7 Å². The average Bonchev–Trinajstić information content (AvgIpc) is 2.62. The molecule has 0 atom stereocenters. The van der Waals surface area contributed by atoms with Crippen molar-refractivity contribution in [2.24, 2.45) is 5.41 Å². The highest BCUT2D eigenvalue weighted by Gasteiger charge is 2.35. The van der Waals surface area contributed by atoms with Gasteiger partial charge in [-0.1, -0.05) is 6.92 Å². The van der Waals surface area contributed by atoms with Gasteiger partial charge in [-0.25, -0.2) is 9.78 Å².